The van der Waals surface area contributed by atoms with E-state index in [0.29, 0.717) is 5.56 Å². The molecule has 13 heavy (non-hydrogen) atoms. The Hall–Kier alpha value is -0.480. The van der Waals surface area contributed by atoms with Gasteiger partial charge in [-0.1, -0.05) is 0 Å². The monoisotopic (exact) mass is 247 g/mol. The molecule has 0 aromatic heterocycles. The van der Waals surface area contributed by atoms with E-state index in [-0.39, 0.29) is 16.4 Å². The quantitative estimate of drug-likeness (QED) is 0.759. The molecule has 0 bridgehead atoms. The van der Waals surface area contributed by atoms with Crippen molar-refractivity contribution < 1.29 is 8.78 Å². The Kier molecular flexibility index (Phi) is 2.12. The Morgan fingerprint density at radius 3 is 2.15 bits per heavy atom. The van der Waals surface area contributed by atoms with Crippen molar-refractivity contribution in [3.63, 3.8) is 0 Å². The largest absolute Gasteiger partial charge is 0.327 e. The average Bonchev–Trinajstić information content (AvgIpc) is 2.77. The van der Waals surface area contributed by atoms with Gasteiger partial charge < -0.3 is 5.73 Å². The van der Waals surface area contributed by atoms with Crippen LogP contribution in [0.4, 0.5) is 8.78 Å². The summed E-state index contributed by atoms with van der Waals surface area (Å²) in [5.74, 6) is -0.986. The Morgan fingerprint density at radius 1 is 1.31 bits per heavy atom. The fourth-order valence-electron chi connectivity index (χ4n) is 1.39. The maximum absolute atomic E-state index is 13.0. The van der Waals surface area contributed by atoms with Gasteiger partial charge in [0.15, 0.2) is 0 Å². The maximum atomic E-state index is 13.0. The van der Waals surface area contributed by atoms with Gasteiger partial charge in [-0.2, -0.15) is 0 Å². The molecule has 1 aromatic carbocycles. The number of rotatable bonds is 1. The molecule has 0 unspecified atom stereocenters. The van der Waals surface area contributed by atoms with E-state index in [1.54, 1.807) is 0 Å². The first-order valence-electron chi connectivity index (χ1n) is 3.99. The van der Waals surface area contributed by atoms with Gasteiger partial charge >= 0.3 is 0 Å². The molecule has 1 aliphatic rings. The van der Waals surface area contributed by atoms with E-state index >= 15 is 0 Å². The Morgan fingerprint density at radius 2 is 1.77 bits per heavy atom. The number of nitrogens with two attached hydrogens (primary N) is 1. The molecule has 1 fully saturated rings. The molecule has 70 valence electrons. The van der Waals surface area contributed by atoms with Crippen molar-refractivity contribution in [1.29, 1.82) is 0 Å². The van der Waals surface area contributed by atoms with Crippen LogP contribution < -0.4 is 5.73 Å². The summed E-state index contributed by atoms with van der Waals surface area (Å²) in [5.41, 5.74) is 6.24. The van der Waals surface area contributed by atoms with Gasteiger partial charge in [-0.15, -0.1) is 0 Å². The first-order chi connectivity index (χ1) is 6.09. The van der Waals surface area contributed by atoms with E-state index < -0.39 is 11.6 Å². The van der Waals surface area contributed by atoms with E-state index in [1.807, 2.05) is 0 Å². The minimum absolute atomic E-state index is 0.0694. The molecule has 0 amide bonds. The number of halogens is 3. The lowest BCUT2D eigenvalue weighted by atomic mass is 10.1. The molecule has 2 rings (SSSR count). The fraction of sp³-hybridized carbons (Fsp3) is 0.333. The first-order valence-corrected chi connectivity index (χ1v) is 4.79. The molecule has 0 saturated heterocycles. The van der Waals surface area contributed by atoms with E-state index in [2.05, 4.69) is 15.9 Å². The molecule has 1 nitrogen and oxygen atoms in total. The smallest absolute Gasteiger partial charge is 0.140 e. The molecule has 0 heterocycles. The second kappa shape index (κ2) is 3.03. The Bertz CT molecular complexity index is 330. The number of benzene rings is 1. The van der Waals surface area contributed by atoms with Gasteiger partial charge in [0.2, 0.25) is 0 Å². The minimum Gasteiger partial charge on any atom is -0.327 e. The van der Waals surface area contributed by atoms with Gasteiger partial charge in [-0.05, 0) is 40.0 Å². The van der Waals surface area contributed by atoms with Crippen molar-refractivity contribution in [2.24, 2.45) is 5.73 Å². The molecule has 0 spiro atoms. The SMILES string of the molecule is N[C@@H]1C[C@@H]1c1cc(F)c(Br)c(F)c1. The maximum Gasteiger partial charge on any atom is 0.140 e. The van der Waals surface area contributed by atoms with Gasteiger partial charge in [-0.3, -0.25) is 0 Å². The van der Waals surface area contributed by atoms with Crippen LogP contribution in [0.25, 0.3) is 0 Å². The highest BCUT2D eigenvalue weighted by Gasteiger charge is 2.35. The number of hydrogen-bond donors (Lipinski definition) is 1. The zero-order valence-corrected chi connectivity index (χ0v) is 8.31. The first kappa shape index (κ1) is 9.09. The lowest BCUT2D eigenvalue weighted by Crippen LogP contribution is -2.01. The third-order valence-electron chi connectivity index (χ3n) is 2.27. The molecular weight excluding hydrogens is 240 g/mol. The van der Waals surface area contributed by atoms with Gasteiger partial charge in [0.25, 0.3) is 0 Å². The molecule has 2 atom stereocenters. The lowest BCUT2D eigenvalue weighted by molar-refractivity contribution is 0.568. The highest BCUT2D eigenvalue weighted by atomic mass is 79.9. The third-order valence-corrected chi connectivity index (χ3v) is 3.03. The van der Waals surface area contributed by atoms with Crippen LogP contribution in [0, 0.1) is 11.6 Å². The van der Waals surface area contributed by atoms with Crippen LogP contribution in [0.3, 0.4) is 0 Å². The summed E-state index contributed by atoms with van der Waals surface area (Å²) in [7, 11) is 0. The van der Waals surface area contributed by atoms with Crippen molar-refractivity contribution in [1.82, 2.24) is 0 Å². The molecule has 1 saturated carbocycles. The van der Waals surface area contributed by atoms with Crippen LogP contribution in [0.5, 0.6) is 0 Å². The summed E-state index contributed by atoms with van der Waals surface area (Å²) >= 11 is 2.82. The van der Waals surface area contributed by atoms with Gasteiger partial charge in [-0.25, -0.2) is 8.78 Å². The topological polar surface area (TPSA) is 26.0 Å². The fourth-order valence-corrected chi connectivity index (χ4v) is 1.62. The molecule has 0 aliphatic heterocycles. The summed E-state index contributed by atoms with van der Waals surface area (Å²) in [6.45, 7) is 0. The Labute approximate surface area is 83.1 Å². The molecule has 1 aliphatic carbocycles. The van der Waals surface area contributed by atoms with E-state index in [1.165, 1.54) is 12.1 Å². The summed E-state index contributed by atoms with van der Waals surface area (Å²) < 4.78 is 25.9. The summed E-state index contributed by atoms with van der Waals surface area (Å²) in [5, 5.41) is 0. The summed E-state index contributed by atoms with van der Waals surface area (Å²) in [4.78, 5) is 0. The predicted molar refractivity (Wildman–Crippen MR) is 49.4 cm³/mol. The molecule has 2 N–H and O–H groups in total. The molecule has 0 radical (unpaired) electrons. The third kappa shape index (κ3) is 1.60. The molecule has 4 heteroatoms. The van der Waals surface area contributed by atoms with Crippen molar-refractivity contribution >= 4 is 15.9 Å². The second-order valence-electron chi connectivity index (χ2n) is 3.30. The van der Waals surface area contributed by atoms with E-state index in [0.717, 1.165) is 6.42 Å². The van der Waals surface area contributed by atoms with E-state index in [9.17, 15) is 8.78 Å². The van der Waals surface area contributed by atoms with Gasteiger partial charge in [0.05, 0.1) is 4.47 Å². The highest BCUT2D eigenvalue weighted by molar-refractivity contribution is 9.10. The van der Waals surface area contributed by atoms with Gasteiger partial charge in [0.1, 0.15) is 11.6 Å². The minimum atomic E-state index is -0.561. The average molecular weight is 248 g/mol. The number of hydrogen-bond acceptors (Lipinski definition) is 1. The van der Waals surface area contributed by atoms with Crippen molar-refractivity contribution in [3.8, 4) is 0 Å². The predicted octanol–water partition coefficient (Wildman–Crippen LogP) is 2.54. The molecular formula is C9H8BrF2N. The van der Waals surface area contributed by atoms with Crippen LogP contribution in [0.15, 0.2) is 16.6 Å². The van der Waals surface area contributed by atoms with Crippen molar-refractivity contribution in [2.45, 2.75) is 18.4 Å². The second-order valence-corrected chi connectivity index (χ2v) is 4.10. The van der Waals surface area contributed by atoms with Crippen LogP contribution in [0.1, 0.15) is 17.9 Å². The molecule has 1 aromatic rings. The van der Waals surface area contributed by atoms with Gasteiger partial charge in [0, 0.05) is 12.0 Å². The van der Waals surface area contributed by atoms with Crippen LogP contribution in [-0.4, -0.2) is 6.04 Å². The lowest BCUT2D eigenvalue weighted by Gasteiger charge is -2.02. The normalized spacial score (nSPS) is 26.2. The van der Waals surface area contributed by atoms with Crippen LogP contribution >= 0.6 is 15.9 Å². The Balaban J connectivity index is 2.39. The van der Waals surface area contributed by atoms with Crippen molar-refractivity contribution in [3.05, 3.63) is 33.8 Å². The van der Waals surface area contributed by atoms with Crippen molar-refractivity contribution in [2.75, 3.05) is 0 Å². The highest BCUT2D eigenvalue weighted by Crippen LogP contribution is 2.40. The van der Waals surface area contributed by atoms with Crippen LogP contribution in [-0.2, 0) is 0 Å². The zero-order chi connectivity index (χ0) is 9.59. The summed E-state index contributed by atoms with van der Waals surface area (Å²) in [6, 6.07) is 2.75. The van der Waals surface area contributed by atoms with Crippen LogP contribution in [0.2, 0.25) is 0 Å². The van der Waals surface area contributed by atoms with E-state index in [4.69, 9.17) is 5.73 Å². The zero-order valence-electron chi connectivity index (χ0n) is 6.73. The standard InChI is InChI=1S/C9H8BrF2N/c10-9-6(11)1-4(2-7(9)12)5-3-8(5)13/h1-2,5,8H,3,13H2/t5-,8-/m1/s1. The summed E-state index contributed by atoms with van der Waals surface area (Å²) in [6.07, 6.45) is 0.820.